The standard InChI is InChI=1S/C19H21F3O2S.C18H19F3O2S.C12H15F3O2.C6H6OS.C3H4.CO2/c1-3-14(13-25-18-10-8-16(23-2)9-11-18)12-24-17-6-4-15(5-7-17)19(20,21)22;1-2-13(12-24-17-9-5-15(22)6-10-17)11-23-16-7-3-14(4-8-16)18(19,20)21;1-2-9(7-16)8-17-11-5-3-10(4-6-11)12(13,14)15;7-5-1-3-6(8)4-2-5;1-3-2;2-1-3/h4-11,14H,3,12-13H2,1-2H3;3-10,13,22H,2,11-12H2,1H3;3-6,9,16H,2,7-8H2,1H3;1-4,7-8H;1H,2H3;. The summed E-state index contributed by atoms with van der Waals surface area (Å²) in [5.74, 6) is 7.19. The Balaban J connectivity index is 0.000000541. The number of methoxy groups -OCH3 is 1. The van der Waals surface area contributed by atoms with Crippen LogP contribution in [-0.2, 0) is 28.1 Å². The number of alkyl halides is 9. The van der Waals surface area contributed by atoms with E-state index in [0.717, 1.165) is 87.6 Å². The molecule has 80 heavy (non-hydrogen) atoms. The number of phenolic OH excluding ortho intramolecular Hbond substituents is 2. The van der Waals surface area contributed by atoms with Crippen LogP contribution >= 0.6 is 36.2 Å². The van der Waals surface area contributed by atoms with Crippen LogP contribution in [0, 0.1) is 30.1 Å². The molecule has 0 aliphatic rings. The molecule has 0 aromatic heterocycles. The number of halogens is 9. The zero-order chi connectivity index (χ0) is 60.2. The van der Waals surface area contributed by atoms with Crippen LogP contribution in [0.2, 0.25) is 0 Å². The summed E-state index contributed by atoms with van der Waals surface area (Å²) in [4.78, 5) is 19.3. The summed E-state index contributed by atoms with van der Waals surface area (Å²) >= 11 is 7.41. The molecule has 0 heterocycles. The topological polar surface area (TPSA) is 132 Å². The summed E-state index contributed by atoms with van der Waals surface area (Å²) in [5.41, 5.74) is -2.04. The fourth-order valence-electron chi connectivity index (χ4n) is 5.83. The molecule has 6 aromatic carbocycles. The van der Waals surface area contributed by atoms with Crippen LogP contribution in [0.3, 0.4) is 0 Å². The number of terminal acetylenes is 1. The highest BCUT2D eigenvalue weighted by Crippen LogP contribution is 2.33. The highest BCUT2D eigenvalue weighted by atomic mass is 32.2. The Morgan fingerprint density at radius 1 is 0.500 bits per heavy atom. The fraction of sp³-hybridized carbons (Fsp3) is 0.339. The summed E-state index contributed by atoms with van der Waals surface area (Å²) < 4.78 is 134. The SMILES string of the molecule is C#CC.CCC(CO)COc1ccc(C(F)(F)F)cc1.CCC(COc1ccc(C(F)(F)F)cc1)CSc1ccc(O)cc1.CCC(COc1ccc(C(F)(F)F)cc1)CSc1ccc(OC)cc1.O=C=O.Oc1ccc(S)cc1. The molecule has 3 N–H and O–H groups in total. The van der Waals surface area contributed by atoms with Crippen LogP contribution in [0.4, 0.5) is 39.5 Å². The molecule has 0 saturated carbocycles. The van der Waals surface area contributed by atoms with Crippen molar-refractivity contribution in [3.8, 4) is 46.8 Å². The molecule has 0 saturated heterocycles. The first kappa shape index (κ1) is 71.5. The Labute approximate surface area is 475 Å². The van der Waals surface area contributed by atoms with Gasteiger partial charge in [0.15, 0.2) is 0 Å². The zero-order valence-corrected chi connectivity index (χ0v) is 47.0. The van der Waals surface area contributed by atoms with Crippen molar-refractivity contribution < 1.29 is 83.4 Å². The molecule has 9 nitrogen and oxygen atoms in total. The van der Waals surface area contributed by atoms with E-state index in [4.69, 9.17) is 38.7 Å². The number of thiol groups is 1. The molecule has 3 unspecified atom stereocenters. The van der Waals surface area contributed by atoms with Crippen molar-refractivity contribution >= 4 is 42.3 Å². The van der Waals surface area contributed by atoms with Crippen LogP contribution in [0.15, 0.2) is 160 Å². The van der Waals surface area contributed by atoms with Crippen molar-refractivity contribution in [1.29, 1.82) is 0 Å². The molecule has 436 valence electrons. The van der Waals surface area contributed by atoms with E-state index in [1.54, 1.807) is 74.0 Å². The molecular formula is C59H65F9O9S3. The average molecular weight is 1190 g/mol. The second-order valence-electron chi connectivity index (χ2n) is 16.7. The van der Waals surface area contributed by atoms with Crippen molar-refractivity contribution in [2.45, 2.75) is 80.2 Å². The van der Waals surface area contributed by atoms with Gasteiger partial charge in [-0.3, -0.25) is 0 Å². The van der Waals surface area contributed by atoms with E-state index < -0.39 is 35.2 Å². The maximum atomic E-state index is 12.5. The number of rotatable bonds is 20. The van der Waals surface area contributed by atoms with Gasteiger partial charge in [0.05, 0.1) is 43.6 Å². The maximum absolute atomic E-state index is 12.5. The molecule has 21 heteroatoms. The molecule has 0 radical (unpaired) electrons. The molecule has 0 aliphatic carbocycles. The molecule has 3 atom stereocenters. The lowest BCUT2D eigenvalue weighted by Crippen LogP contribution is -2.15. The molecule has 6 aromatic rings. The van der Waals surface area contributed by atoms with Gasteiger partial charge in [0, 0.05) is 50.6 Å². The number of aliphatic hydroxyl groups excluding tert-OH is 1. The van der Waals surface area contributed by atoms with Gasteiger partial charge in [0.2, 0.25) is 0 Å². The second-order valence-corrected chi connectivity index (χ2v) is 19.4. The summed E-state index contributed by atoms with van der Waals surface area (Å²) in [7, 11) is 1.63. The van der Waals surface area contributed by atoms with E-state index in [1.165, 1.54) is 36.4 Å². The Morgan fingerprint density at radius 2 is 0.762 bits per heavy atom. The van der Waals surface area contributed by atoms with Gasteiger partial charge in [-0.15, -0.1) is 48.5 Å². The van der Waals surface area contributed by atoms with Crippen molar-refractivity contribution in [1.82, 2.24) is 0 Å². The lowest BCUT2D eigenvalue weighted by molar-refractivity contribution is -0.191. The number of phenols is 2. The molecule has 6 rings (SSSR count). The van der Waals surface area contributed by atoms with Crippen LogP contribution < -0.4 is 18.9 Å². The van der Waals surface area contributed by atoms with Gasteiger partial charge in [0.1, 0.15) is 34.5 Å². The fourth-order valence-corrected chi connectivity index (χ4v) is 8.15. The lowest BCUT2D eigenvalue weighted by atomic mass is 10.1. The second kappa shape index (κ2) is 38.9. The van der Waals surface area contributed by atoms with Gasteiger partial charge in [-0.05, 0) is 172 Å². The highest BCUT2D eigenvalue weighted by Gasteiger charge is 2.31. The molecule has 0 amide bonds. The van der Waals surface area contributed by atoms with E-state index in [1.807, 2.05) is 43.3 Å². The van der Waals surface area contributed by atoms with Crippen molar-refractivity contribution in [2.24, 2.45) is 17.8 Å². The van der Waals surface area contributed by atoms with Crippen LogP contribution in [-0.4, -0.2) is 66.5 Å². The third-order valence-electron chi connectivity index (χ3n) is 10.7. The summed E-state index contributed by atoms with van der Waals surface area (Å²) in [6.07, 6.45) is -5.52. The van der Waals surface area contributed by atoms with Crippen LogP contribution in [0.1, 0.15) is 63.6 Å². The Bertz CT molecular complexity index is 2600. The minimum atomic E-state index is -4.33. The summed E-state index contributed by atoms with van der Waals surface area (Å²) in [5, 5.41) is 26.9. The minimum Gasteiger partial charge on any atom is -0.508 e. The molecule has 0 fully saturated rings. The van der Waals surface area contributed by atoms with Gasteiger partial charge < -0.3 is 34.3 Å². The van der Waals surface area contributed by atoms with Crippen LogP contribution in [0.5, 0.6) is 34.5 Å². The monoisotopic (exact) mass is 1180 g/mol. The summed E-state index contributed by atoms with van der Waals surface area (Å²) in [6, 6.07) is 35.6. The predicted octanol–water partition coefficient (Wildman–Crippen LogP) is 16.4. The van der Waals surface area contributed by atoms with Gasteiger partial charge in [-0.25, -0.2) is 0 Å². The third-order valence-corrected chi connectivity index (χ3v) is 13.5. The minimum absolute atomic E-state index is 0.0110. The summed E-state index contributed by atoms with van der Waals surface area (Å²) in [6.45, 7) is 8.94. The molecule has 0 bridgehead atoms. The van der Waals surface area contributed by atoms with E-state index >= 15 is 0 Å². The van der Waals surface area contributed by atoms with Crippen molar-refractivity contribution in [3.63, 3.8) is 0 Å². The Hall–Kier alpha value is -6.56. The Morgan fingerprint density at radius 3 is 1.01 bits per heavy atom. The molecule has 0 aliphatic heterocycles. The first-order valence-electron chi connectivity index (χ1n) is 24.4. The zero-order valence-electron chi connectivity index (χ0n) is 44.5. The van der Waals surface area contributed by atoms with Crippen molar-refractivity contribution in [3.05, 3.63) is 162 Å². The first-order valence-corrected chi connectivity index (χ1v) is 26.9. The van der Waals surface area contributed by atoms with E-state index in [-0.39, 0.29) is 36.1 Å². The van der Waals surface area contributed by atoms with E-state index in [0.29, 0.717) is 43.0 Å². The number of thioether (sulfide) groups is 2. The molecule has 0 spiro atoms. The van der Waals surface area contributed by atoms with Gasteiger partial charge in [-0.2, -0.15) is 49.1 Å². The quantitative estimate of drug-likeness (QED) is 0.0252. The van der Waals surface area contributed by atoms with E-state index in [2.05, 4.69) is 38.8 Å². The number of carbonyl (C=O) groups excluding carboxylic acids is 2. The Kier molecular flexibility index (Phi) is 34.8. The van der Waals surface area contributed by atoms with Gasteiger partial charge in [-0.1, -0.05) is 20.8 Å². The van der Waals surface area contributed by atoms with Gasteiger partial charge in [0.25, 0.3) is 0 Å². The third kappa shape index (κ3) is 31.3. The number of ether oxygens (including phenoxy) is 4. The number of hydrogen-bond donors (Lipinski definition) is 4. The smallest absolute Gasteiger partial charge is 0.416 e. The van der Waals surface area contributed by atoms with Crippen molar-refractivity contribution in [2.75, 3.05) is 45.0 Å². The predicted molar refractivity (Wildman–Crippen MR) is 297 cm³/mol. The normalized spacial score (nSPS) is 11.8. The van der Waals surface area contributed by atoms with E-state index in [9.17, 15) is 44.6 Å². The first-order chi connectivity index (χ1) is 37.9. The lowest BCUT2D eigenvalue weighted by Gasteiger charge is -2.16. The number of benzene rings is 6. The number of aliphatic hydroxyl groups is 1. The number of hydrogen-bond acceptors (Lipinski definition) is 12. The van der Waals surface area contributed by atoms with Gasteiger partial charge >= 0.3 is 24.7 Å². The largest absolute Gasteiger partial charge is 0.508 e. The molecular weight excluding hydrogens is 1120 g/mol. The van der Waals surface area contributed by atoms with Crippen LogP contribution in [0.25, 0.3) is 0 Å². The number of aromatic hydroxyl groups is 2. The maximum Gasteiger partial charge on any atom is 0.416 e. The highest BCUT2D eigenvalue weighted by molar-refractivity contribution is 7.99. The average Bonchev–Trinajstić information content (AvgIpc) is 3.43.